The SMILES string of the molecule is CCC1C(=N)NC(=O)N1CCOC. The summed E-state index contributed by atoms with van der Waals surface area (Å²) in [6, 6.07) is -0.281. The first-order valence-corrected chi connectivity index (χ1v) is 4.35. The van der Waals surface area contributed by atoms with E-state index in [1.807, 2.05) is 6.92 Å². The van der Waals surface area contributed by atoms with Gasteiger partial charge >= 0.3 is 6.03 Å². The molecule has 0 radical (unpaired) electrons. The predicted octanol–water partition coefficient (Wildman–Crippen LogP) is 0.414. The van der Waals surface area contributed by atoms with Crippen molar-refractivity contribution < 1.29 is 9.53 Å². The zero-order valence-corrected chi connectivity index (χ0v) is 7.96. The van der Waals surface area contributed by atoms with Gasteiger partial charge in [0.25, 0.3) is 0 Å². The number of amidine groups is 1. The van der Waals surface area contributed by atoms with Crippen LogP contribution in [0.4, 0.5) is 4.79 Å². The van der Waals surface area contributed by atoms with Gasteiger partial charge in [-0.2, -0.15) is 0 Å². The first-order chi connectivity index (χ1) is 6.20. The third kappa shape index (κ3) is 1.98. The van der Waals surface area contributed by atoms with E-state index < -0.39 is 0 Å². The van der Waals surface area contributed by atoms with E-state index in [-0.39, 0.29) is 12.1 Å². The van der Waals surface area contributed by atoms with E-state index >= 15 is 0 Å². The Morgan fingerprint density at radius 2 is 2.38 bits per heavy atom. The Morgan fingerprint density at radius 3 is 2.92 bits per heavy atom. The molecule has 0 saturated carbocycles. The van der Waals surface area contributed by atoms with Crippen molar-refractivity contribution >= 4 is 11.9 Å². The summed E-state index contributed by atoms with van der Waals surface area (Å²) in [5.74, 6) is 0.295. The van der Waals surface area contributed by atoms with Crippen molar-refractivity contribution in [3.8, 4) is 0 Å². The molecule has 1 fully saturated rings. The van der Waals surface area contributed by atoms with Crippen LogP contribution in [0.3, 0.4) is 0 Å². The fraction of sp³-hybridized carbons (Fsp3) is 0.750. The van der Waals surface area contributed by atoms with Crippen molar-refractivity contribution in [2.45, 2.75) is 19.4 Å². The van der Waals surface area contributed by atoms with Gasteiger partial charge in [0.1, 0.15) is 5.84 Å². The molecule has 74 valence electrons. The molecular formula is C8H15N3O2. The van der Waals surface area contributed by atoms with Crippen LogP contribution >= 0.6 is 0 Å². The number of carbonyl (C=O) groups excluding carboxylic acids is 1. The number of nitrogens with zero attached hydrogens (tertiary/aromatic N) is 1. The van der Waals surface area contributed by atoms with Crippen LogP contribution in [-0.4, -0.2) is 43.1 Å². The van der Waals surface area contributed by atoms with Crippen LogP contribution in [0, 0.1) is 5.41 Å². The van der Waals surface area contributed by atoms with E-state index in [2.05, 4.69) is 5.32 Å². The number of nitrogens with one attached hydrogen (secondary N) is 2. The highest BCUT2D eigenvalue weighted by Crippen LogP contribution is 2.11. The van der Waals surface area contributed by atoms with Gasteiger partial charge in [0, 0.05) is 13.7 Å². The molecule has 2 N–H and O–H groups in total. The number of methoxy groups -OCH3 is 1. The van der Waals surface area contributed by atoms with Gasteiger partial charge < -0.3 is 9.64 Å². The molecule has 1 aliphatic rings. The number of rotatable bonds is 4. The summed E-state index contributed by atoms with van der Waals surface area (Å²) in [6.45, 7) is 3.01. The minimum absolute atomic E-state index is 0.0948. The maximum Gasteiger partial charge on any atom is 0.323 e. The summed E-state index contributed by atoms with van der Waals surface area (Å²) < 4.78 is 4.89. The van der Waals surface area contributed by atoms with Gasteiger partial charge in [-0.3, -0.25) is 10.7 Å². The van der Waals surface area contributed by atoms with E-state index in [9.17, 15) is 4.79 Å². The molecule has 0 aliphatic carbocycles. The predicted molar refractivity (Wildman–Crippen MR) is 48.9 cm³/mol. The highest BCUT2D eigenvalue weighted by molar-refractivity contribution is 6.05. The fourth-order valence-electron chi connectivity index (χ4n) is 1.44. The average Bonchev–Trinajstić information content (AvgIpc) is 2.37. The molecule has 1 atom stereocenters. The summed E-state index contributed by atoms with van der Waals surface area (Å²) in [5, 5.41) is 9.98. The molecule has 2 amide bonds. The maximum absolute atomic E-state index is 11.3. The quantitative estimate of drug-likeness (QED) is 0.666. The van der Waals surface area contributed by atoms with Crippen molar-refractivity contribution in [2.24, 2.45) is 0 Å². The van der Waals surface area contributed by atoms with Gasteiger partial charge in [0.15, 0.2) is 0 Å². The lowest BCUT2D eigenvalue weighted by Gasteiger charge is -2.20. The molecule has 1 heterocycles. The number of amides is 2. The second-order valence-electron chi connectivity index (χ2n) is 2.95. The Morgan fingerprint density at radius 1 is 1.69 bits per heavy atom. The highest BCUT2D eigenvalue weighted by Gasteiger charge is 2.33. The Kier molecular flexibility index (Phi) is 3.25. The topological polar surface area (TPSA) is 65.4 Å². The maximum atomic E-state index is 11.3. The van der Waals surface area contributed by atoms with Gasteiger partial charge in [-0.15, -0.1) is 0 Å². The van der Waals surface area contributed by atoms with Gasteiger partial charge in [-0.1, -0.05) is 6.92 Å². The van der Waals surface area contributed by atoms with Crippen molar-refractivity contribution in [3.63, 3.8) is 0 Å². The number of carbonyl (C=O) groups is 1. The number of urea groups is 1. The summed E-state index contributed by atoms with van der Waals surface area (Å²) in [6.07, 6.45) is 0.765. The average molecular weight is 185 g/mol. The second-order valence-corrected chi connectivity index (χ2v) is 2.95. The van der Waals surface area contributed by atoms with Gasteiger partial charge in [-0.05, 0) is 6.42 Å². The minimum atomic E-state index is -0.186. The Labute approximate surface area is 77.6 Å². The molecule has 0 bridgehead atoms. The number of ether oxygens (including phenoxy) is 1. The smallest absolute Gasteiger partial charge is 0.323 e. The molecule has 1 unspecified atom stereocenters. The first-order valence-electron chi connectivity index (χ1n) is 4.35. The Bertz CT molecular complexity index is 217. The molecule has 1 aliphatic heterocycles. The molecule has 1 rings (SSSR count). The number of hydrogen-bond acceptors (Lipinski definition) is 3. The van der Waals surface area contributed by atoms with Crippen LogP contribution in [0.25, 0.3) is 0 Å². The van der Waals surface area contributed by atoms with Gasteiger partial charge in [-0.25, -0.2) is 4.79 Å². The van der Waals surface area contributed by atoms with Crippen LogP contribution in [0.5, 0.6) is 0 Å². The van der Waals surface area contributed by atoms with Crippen molar-refractivity contribution in [2.75, 3.05) is 20.3 Å². The lowest BCUT2D eigenvalue weighted by Crippen LogP contribution is -2.36. The van der Waals surface area contributed by atoms with Crippen molar-refractivity contribution in [1.82, 2.24) is 10.2 Å². The van der Waals surface area contributed by atoms with Crippen LogP contribution in [0.2, 0.25) is 0 Å². The van der Waals surface area contributed by atoms with Crippen LogP contribution < -0.4 is 5.32 Å². The first kappa shape index (κ1) is 9.98. The molecule has 0 aromatic rings. The third-order valence-corrected chi connectivity index (χ3v) is 2.13. The molecule has 13 heavy (non-hydrogen) atoms. The van der Waals surface area contributed by atoms with E-state index in [4.69, 9.17) is 10.1 Å². The summed E-state index contributed by atoms with van der Waals surface area (Å²) in [5.41, 5.74) is 0. The highest BCUT2D eigenvalue weighted by atomic mass is 16.5. The normalized spacial score (nSPS) is 22.3. The minimum Gasteiger partial charge on any atom is -0.383 e. The zero-order valence-electron chi connectivity index (χ0n) is 7.96. The van der Waals surface area contributed by atoms with Crippen LogP contribution in [-0.2, 0) is 4.74 Å². The van der Waals surface area contributed by atoms with Crippen LogP contribution in [0.15, 0.2) is 0 Å². The summed E-state index contributed by atoms with van der Waals surface area (Å²) >= 11 is 0. The van der Waals surface area contributed by atoms with E-state index in [0.29, 0.717) is 19.0 Å². The molecular weight excluding hydrogens is 170 g/mol. The molecule has 0 aromatic carbocycles. The summed E-state index contributed by atoms with van der Waals surface area (Å²) in [7, 11) is 1.60. The lowest BCUT2D eigenvalue weighted by molar-refractivity contribution is 0.150. The van der Waals surface area contributed by atoms with E-state index in [0.717, 1.165) is 6.42 Å². The van der Waals surface area contributed by atoms with Crippen molar-refractivity contribution in [3.05, 3.63) is 0 Å². The van der Waals surface area contributed by atoms with E-state index in [1.165, 1.54) is 0 Å². The lowest BCUT2D eigenvalue weighted by atomic mass is 10.2. The Balaban J connectivity index is 2.58. The molecule has 5 heteroatoms. The summed E-state index contributed by atoms with van der Waals surface area (Å²) in [4.78, 5) is 12.9. The van der Waals surface area contributed by atoms with E-state index in [1.54, 1.807) is 12.0 Å². The van der Waals surface area contributed by atoms with Gasteiger partial charge in [0.05, 0.1) is 12.6 Å². The molecule has 0 spiro atoms. The largest absolute Gasteiger partial charge is 0.383 e. The van der Waals surface area contributed by atoms with Crippen LogP contribution in [0.1, 0.15) is 13.3 Å². The molecule has 0 aromatic heterocycles. The second kappa shape index (κ2) is 4.23. The Hall–Kier alpha value is -1.10. The standard InChI is InChI=1S/C8H15N3O2/c1-3-6-7(9)10-8(12)11(6)4-5-13-2/h6H,3-5H2,1-2H3,(H2,9,10,12). The molecule has 5 nitrogen and oxygen atoms in total. The number of hydrogen-bond donors (Lipinski definition) is 2. The monoisotopic (exact) mass is 185 g/mol. The van der Waals surface area contributed by atoms with Gasteiger partial charge in [0.2, 0.25) is 0 Å². The molecule has 1 saturated heterocycles. The van der Waals surface area contributed by atoms with Crippen molar-refractivity contribution in [1.29, 1.82) is 5.41 Å². The zero-order chi connectivity index (χ0) is 9.84. The third-order valence-electron chi connectivity index (χ3n) is 2.13. The fourth-order valence-corrected chi connectivity index (χ4v) is 1.44.